The number of nitrogens with zero attached hydrogens (tertiary/aromatic N) is 2. The Hall–Kier alpha value is -4.04. The summed E-state index contributed by atoms with van der Waals surface area (Å²) < 4.78 is 21.8. The molecule has 1 unspecified atom stereocenters. The molecule has 0 saturated heterocycles. The molecular formula is C29H33N3O5. The van der Waals surface area contributed by atoms with Crippen LogP contribution in [-0.2, 0) is 13.0 Å². The van der Waals surface area contributed by atoms with Crippen molar-refractivity contribution in [1.82, 2.24) is 10.3 Å². The van der Waals surface area contributed by atoms with E-state index in [9.17, 15) is 4.79 Å². The van der Waals surface area contributed by atoms with E-state index in [0.29, 0.717) is 17.9 Å². The number of nitrogens with one attached hydrogen (secondary N) is 1. The van der Waals surface area contributed by atoms with Gasteiger partial charge in [-0.25, -0.2) is 5.43 Å². The maximum atomic E-state index is 12.4. The van der Waals surface area contributed by atoms with Crippen LogP contribution in [0.5, 0.6) is 23.0 Å². The van der Waals surface area contributed by atoms with Crippen molar-refractivity contribution < 1.29 is 23.7 Å². The molecule has 0 saturated carbocycles. The lowest BCUT2D eigenvalue weighted by molar-refractivity contribution is 0.0955. The number of fused-ring (bicyclic) bond motifs is 1. The molecule has 3 aromatic rings. The summed E-state index contributed by atoms with van der Waals surface area (Å²) in [5.41, 5.74) is 7.51. The third kappa shape index (κ3) is 5.86. The van der Waals surface area contributed by atoms with E-state index >= 15 is 0 Å². The topological polar surface area (TPSA) is 81.6 Å². The highest BCUT2D eigenvalue weighted by Gasteiger charge is 2.26. The molecule has 1 atom stereocenters. The van der Waals surface area contributed by atoms with Crippen LogP contribution in [-0.4, -0.2) is 52.0 Å². The third-order valence-corrected chi connectivity index (χ3v) is 6.72. The monoisotopic (exact) mass is 503 g/mol. The first-order chi connectivity index (χ1) is 18.0. The van der Waals surface area contributed by atoms with Gasteiger partial charge in [-0.3, -0.25) is 9.69 Å². The van der Waals surface area contributed by atoms with Crippen molar-refractivity contribution >= 4 is 12.1 Å². The lowest BCUT2D eigenvalue weighted by atomic mass is 9.92. The average Bonchev–Trinajstić information content (AvgIpc) is 2.94. The molecule has 0 aliphatic carbocycles. The van der Waals surface area contributed by atoms with Gasteiger partial charge in [-0.2, -0.15) is 5.10 Å². The maximum Gasteiger partial charge on any atom is 0.271 e. The zero-order chi connectivity index (χ0) is 26.4. The molecule has 3 aromatic carbocycles. The van der Waals surface area contributed by atoms with E-state index in [1.807, 2.05) is 18.2 Å². The highest BCUT2D eigenvalue weighted by molar-refractivity contribution is 5.95. The van der Waals surface area contributed by atoms with E-state index < -0.39 is 0 Å². The number of ether oxygens (including phenoxy) is 4. The van der Waals surface area contributed by atoms with Crippen molar-refractivity contribution in [3.63, 3.8) is 0 Å². The Morgan fingerprint density at radius 2 is 1.65 bits per heavy atom. The Labute approximate surface area is 217 Å². The van der Waals surface area contributed by atoms with Crippen molar-refractivity contribution in [2.45, 2.75) is 25.9 Å². The van der Waals surface area contributed by atoms with Crippen LogP contribution < -0.4 is 24.4 Å². The zero-order valence-electron chi connectivity index (χ0n) is 21.9. The number of hydrogen-bond donors (Lipinski definition) is 1. The second-order valence-corrected chi connectivity index (χ2v) is 8.80. The number of methoxy groups -OCH3 is 4. The van der Waals surface area contributed by atoms with E-state index in [-0.39, 0.29) is 11.9 Å². The first kappa shape index (κ1) is 26.0. The molecule has 8 nitrogen and oxygen atoms in total. The maximum absolute atomic E-state index is 12.4. The number of benzene rings is 3. The molecule has 1 aliphatic heterocycles. The van der Waals surface area contributed by atoms with Crippen LogP contribution in [0.2, 0.25) is 0 Å². The van der Waals surface area contributed by atoms with E-state index in [4.69, 9.17) is 18.9 Å². The molecule has 0 bridgehead atoms. The van der Waals surface area contributed by atoms with E-state index in [1.54, 1.807) is 58.9 Å². The average molecular weight is 504 g/mol. The molecule has 0 spiro atoms. The van der Waals surface area contributed by atoms with Crippen LogP contribution in [0.3, 0.4) is 0 Å². The molecule has 1 aliphatic rings. The number of hydrogen-bond acceptors (Lipinski definition) is 7. The van der Waals surface area contributed by atoms with Crippen molar-refractivity contribution in [3.8, 4) is 23.0 Å². The highest BCUT2D eigenvalue weighted by atomic mass is 16.5. The molecule has 0 radical (unpaired) electrons. The quantitative estimate of drug-likeness (QED) is 0.339. The first-order valence-electron chi connectivity index (χ1n) is 12.1. The molecule has 4 rings (SSSR count). The normalized spacial score (nSPS) is 15.2. The molecule has 8 heteroatoms. The third-order valence-electron chi connectivity index (χ3n) is 6.72. The molecule has 37 heavy (non-hydrogen) atoms. The van der Waals surface area contributed by atoms with Crippen LogP contribution >= 0.6 is 0 Å². The Balaban J connectivity index is 1.47. The standard InChI is InChI=1S/C29H33N3O5/c1-19-25-16-28(37-5)27(36-4)15-22(25)12-13-32(19)18-23-14-20(6-11-26(23)35-3)17-30-31-29(33)21-7-9-24(34-2)10-8-21/h6-11,14-17,19H,12-13,18H2,1-5H3,(H,31,33). The fraction of sp³-hybridized carbons (Fsp3) is 0.310. The highest BCUT2D eigenvalue weighted by Crippen LogP contribution is 2.39. The summed E-state index contributed by atoms with van der Waals surface area (Å²) >= 11 is 0. The van der Waals surface area contributed by atoms with Gasteiger partial charge in [-0.05, 0) is 84.6 Å². The summed E-state index contributed by atoms with van der Waals surface area (Å²) in [7, 11) is 6.58. The predicted molar refractivity (Wildman–Crippen MR) is 143 cm³/mol. The summed E-state index contributed by atoms with van der Waals surface area (Å²) in [6, 6.07) is 17.1. The predicted octanol–water partition coefficient (Wildman–Crippen LogP) is 4.60. The molecule has 0 aromatic heterocycles. The fourth-order valence-electron chi connectivity index (χ4n) is 4.61. The lowest BCUT2D eigenvalue weighted by Gasteiger charge is -2.36. The van der Waals surface area contributed by atoms with Gasteiger partial charge in [-0.1, -0.05) is 0 Å². The van der Waals surface area contributed by atoms with Gasteiger partial charge in [0.05, 0.1) is 34.7 Å². The fourth-order valence-corrected chi connectivity index (χ4v) is 4.61. The van der Waals surface area contributed by atoms with Gasteiger partial charge >= 0.3 is 0 Å². The van der Waals surface area contributed by atoms with Crippen molar-refractivity contribution in [3.05, 3.63) is 82.4 Å². The van der Waals surface area contributed by atoms with Gasteiger partial charge < -0.3 is 18.9 Å². The van der Waals surface area contributed by atoms with Gasteiger partial charge in [0, 0.05) is 30.3 Å². The van der Waals surface area contributed by atoms with Crippen LogP contribution in [0.1, 0.15) is 45.6 Å². The van der Waals surface area contributed by atoms with Gasteiger partial charge in [-0.15, -0.1) is 0 Å². The summed E-state index contributed by atoms with van der Waals surface area (Å²) in [5.74, 6) is 2.71. The molecule has 1 heterocycles. The van der Waals surface area contributed by atoms with E-state index in [1.165, 1.54) is 11.1 Å². The summed E-state index contributed by atoms with van der Waals surface area (Å²) in [5, 5.41) is 4.15. The molecule has 1 N–H and O–H groups in total. The number of rotatable bonds is 9. The second-order valence-electron chi connectivity index (χ2n) is 8.80. The number of hydrazone groups is 1. The zero-order valence-corrected chi connectivity index (χ0v) is 21.9. The first-order valence-corrected chi connectivity index (χ1v) is 12.1. The summed E-state index contributed by atoms with van der Waals surface area (Å²) in [6.45, 7) is 3.82. The molecule has 0 fully saturated rings. The smallest absolute Gasteiger partial charge is 0.271 e. The Bertz CT molecular complexity index is 1270. The second kappa shape index (κ2) is 11.8. The Morgan fingerprint density at radius 1 is 0.946 bits per heavy atom. The Kier molecular flexibility index (Phi) is 8.30. The summed E-state index contributed by atoms with van der Waals surface area (Å²) in [6.07, 6.45) is 2.55. The van der Waals surface area contributed by atoms with Gasteiger partial charge in [0.1, 0.15) is 11.5 Å². The minimum Gasteiger partial charge on any atom is -0.497 e. The van der Waals surface area contributed by atoms with Crippen molar-refractivity contribution in [2.24, 2.45) is 5.10 Å². The minimum atomic E-state index is -0.291. The lowest BCUT2D eigenvalue weighted by Crippen LogP contribution is -2.33. The molecule has 194 valence electrons. The summed E-state index contributed by atoms with van der Waals surface area (Å²) in [4.78, 5) is 14.8. The molecule has 1 amide bonds. The molecular weight excluding hydrogens is 470 g/mol. The Morgan fingerprint density at radius 3 is 2.32 bits per heavy atom. The number of carbonyl (C=O) groups is 1. The van der Waals surface area contributed by atoms with Gasteiger partial charge in [0.2, 0.25) is 0 Å². The van der Waals surface area contributed by atoms with Gasteiger partial charge in [0.25, 0.3) is 5.91 Å². The van der Waals surface area contributed by atoms with Crippen LogP contribution in [0.25, 0.3) is 0 Å². The minimum absolute atomic E-state index is 0.189. The van der Waals surface area contributed by atoms with E-state index in [2.05, 4.69) is 34.5 Å². The van der Waals surface area contributed by atoms with Crippen molar-refractivity contribution in [1.29, 1.82) is 0 Å². The number of amides is 1. The van der Waals surface area contributed by atoms with Gasteiger partial charge in [0.15, 0.2) is 11.5 Å². The number of carbonyl (C=O) groups excluding carboxylic acids is 1. The van der Waals surface area contributed by atoms with Crippen molar-refractivity contribution in [2.75, 3.05) is 35.0 Å². The van der Waals surface area contributed by atoms with Crippen LogP contribution in [0, 0.1) is 0 Å². The van der Waals surface area contributed by atoms with Crippen LogP contribution in [0.4, 0.5) is 0 Å². The van der Waals surface area contributed by atoms with E-state index in [0.717, 1.165) is 41.3 Å². The largest absolute Gasteiger partial charge is 0.497 e. The SMILES string of the molecule is COc1ccc(C(=O)NN=Cc2ccc(OC)c(CN3CCc4cc(OC)c(OC)cc4C3C)c2)cc1. The van der Waals surface area contributed by atoms with Crippen LogP contribution in [0.15, 0.2) is 59.7 Å².